The molecule has 0 amide bonds. The smallest absolute Gasteiger partial charge is 0.306 e. The van der Waals surface area contributed by atoms with Crippen molar-refractivity contribution >= 4 is 5.97 Å². The van der Waals surface area contributed by atoms with E-state index in [4.69, 9.17) is 9.47 Å². The zero-order chi connectivity index (χ0) is 11.7. The van der Waals surface area contributed by atoms with Gasteiger partial charge in [0.25, 0.3) is 0 Å². The Hall–Kier alpha value is -1.35. The highest BCUT2D eigenvalue weighted by atomic mass is 16.6. The predicted octanol–water partition coefficient (Wildman–Crippen LogP) is 2.30. The largest absolute Gasteiger partial charge is 0.462 e. The third kappa shape index (κ3) is 2.34. The van der Waals surface area contributed by atoms with Crippen LogP contribution in [0.5, 0.6) is 0 Å². The van der Waals surface area contributed by atoms with Crippen molar-refractivity contribution in [1.82, 2.24) is 0 Å². The van der Waals surface area contributed by atoms with Gasteiger partial charge in [0, 0.05) is 6.42 Å². The molecule has 1 heterocycles. The Labute approximate surface area is 101 Å². The summed E-state index contributed by atoms with van der Waals surface area (Å²) in [5, 5.41) is 0. The average Bonchev–Trinajstić information content (AvgIpc) is 2.63. The molecule has 90 valence electrons. The van der Waals surface area contributed by atoms with Crippen LogP contribution >= 0.6 is 0 Å². The predicted molar refractivity (Wildman–Crippen MR) is 62.2 cm³/mol. The van der Waals surface area contributed by atoms with Crippen LogP contribution in [0.3, 0.4) is 0 Å². The first-order chi connectivity index (χ1) is 8.31. The van der Waals surface area contributed by atoms with Crippen molar-refractivity contribution in [3.63, 3.8) is 0 Å². The Morgan fingerprint density at radius 2 is 2.06 bits per heavy atom. The van der Waals surface area contributed by atoms with Gasteiger partial charge in [-0.3, -0.25) is 4.79 Å². The van der Waals surface area contributed by atoms with Crippen molar-refractivity contribution in [3.8, 4) is 0 Å². The fraction of sp³-hybridized carbons (Fsp3) is 0.500. The Morgan fingerprint density at radius 1 is 1.24 bits per heavy atom. The first kappa shape index (κ1) is 10.8. The molecule has 0 unspecified atom stereocenters. The Morgan fingerprint density at radius 3 is 2.88 bits per heavy atom. The van der Waals surface area contributed by atoms with E-state index in [1.165, 1.54) is 5.56 Å². The zero-order valence-corrected chi connectivity index (χ0v) is 9.67. The maximum atomic E-state index is 11.3. The van der Waals surface area contributed by atoms with Crippen LogP contribution < -0.4 is 0 Å². The third-order valence-electron chi connectivity index (χ3n) is 3.62. The van der Waals surface area contributed by atoms with Crippen molar-refractivity contribution in [2.24, 2.45) is 5.92 Å². The first-order valence-corrected chi connectivity index (χ1v) is 6.16. The van der Waals surface area contributed by atoms with Crippen LogP contribution in [0.2, 0.25) is 0 Å². The van der Waals surface area contributed by atoms with Crippen molar-refractivity contribution in [1.29, 1.82) is 0 Å². The maximum Gasteiger partial charge on any atom is 0.306 e. The molecule has 3 atom stereocenters. The van der Waals surface area contributed by atoms with Crippen LogP contribution in [0.15, 0.2) is 30.3 Å². The fourth-order valence-electron chi connectivity index (χ4n) is 2.78. The van der Waals surface area contributed by atoms with Crippen molar-refractivity contribution in [3.05, 3.63) is 35.9 Å². The molecule has 1 aliphatic carbocycles. The van der Waals surface area contributed by atoms with Gasteiger partial charge < -0.3 is 9.47 Å². The standard InChI is InChI=1S/C14H16O3/c15-14-7-11-6-12(17-14)8-13(11)16-9-10-4-2-1-3-5-10/h1-5,11-13H,6-9H2/t11-,12-,13+/m0/s1. The summed E-state index contributed by atoms with van der Waals surface area (Å²) in [5.74, 6) is 0.307. The summed E-state index contributed by atoms with van der Waals surface area (Å²) >= 11 is 0. The van der Waals surface area contributed by atoms with Gasteiger partial charge in [0.2, 0.25) is 0 Å². The van der Waals surface area contributed by atoms with Crippen LogP contribution in [0.4, 0.5) is 0 Å². The molecule has 0 radical (unpaired) electrons. The van der Waals surface area contributed by atoms with Gasteiger partial charge >= 0.3 is 5.97 Å². The lowest BCUT2D eigenvalue weighted by Gasteiger charge is -2.20. The average molecular weight is 232 g/mol. The van der Waals surface area contributed by atoms with Crippen molar-refractivity contribution < 1.29 is 14.3 Å². The van der Waals surface area contributed by atoms with Gasteiger partial charge in [0.15, 0.2) is 0 Å². The number of carbonyl (C=O) groups excluding carboxylic acids is 1. The molecule has 2 aliphatic rings. The highest BCUT2D eigenvalue weighted by Gasteiger charge is 2.42. The summed E-state index contributed by atoms with van der Waals surface area (Å²) in [5.41, 5.74) is 1.18. The Balaban J connectivity index is 1.58. The van der Waals surface area contributed by atoms with Gasteiger partial charge in [-0.05, 0) is 17.9 Å². The van der Waals surface area contributed by atoms with Crippen LogP contribution in [-0.4, -0.2) is 18.2 Å². The number of carbonyl (C=O) groups is 1. The number of esters is 1. The molecule has 2 bridgehead atoms. The van der Waals surface area contributed by atoms with Crippen LogP contribution in [-0.2, 0) is 20.9 Å². The minimum absolute atomic E-state index is 0.0583. The normalized spacial score (nSPS) is 31.3. The second-order valence-corrected chi connectivity index (χ2v) is 4.88. The lowest BCUT2D eigenvalue weighted by molar-refractivity contribution is -0.153. The molecule has 1 saturated carbocycles. The van der Waals surface area contributed by atoms with Gasteiger partial charge in [-0.2, -0.15) is 0 Å². The van der Waals surface area contributed by atoms with Crippen molar-refractivity contribution in [2.45, 2.75) is 38.1 Å². The SMILES string of the molecule is O=C1C[C@@H]2C[C@@H](C[C@H]2OCc2ccccc2)O1. The highest BCUT2D eigenvalue weighted by Crippen LogP contribution is 2.37. The van der Waals surface area contributed by atoms with E-state index in [0.29, 0.717) is 18.9 Å². The van der Waals surface area contributed by atoms with E-state index >= 15 is 0 Å². The number of ether oxygens (including phenoxy) is 2. The van der Waals surface area contributed by atoms with Gasteiger partial charge in [-0.15, -0.1) is 0 Å². The molecule has 0 N–H and O–H groups in total. The third-order valence-corrected chi connectivity index (χ3v) is 3.62. The van der Waals surface area contributed by atoms with Gasteiger partial charge in [0.05, 0.1) is 19.1 Å². The molecule has 0 spiro atoms. The second kappa shape index (κ2) is 4.49. The fourth-order valence-corrected chi connectivity index (χ4v) is 2.78. The van der Waals surface area contributed by atoms with E-state index in [9.17, 15) is 4.79 Å². The topological polar surface area (TPSA) is 35.5 Å². The lowest BCUT2D eigenvalue weighted by atomic mass is 10.0. The molecule has 17 heavy (non-hydrogen) atoms. The van der Waals surface area contributed by atoms with Crippen LogP contribution in [0, 0.1) is 5.92 Å². The lowest BCUT2D eigenvalue weighted by Crippen LogP contribution is -2.24. The number of rotatable bonds is 3. The number of hydrogen-bond donors (Lipinski definition) is 0. The quantitative estimate of drug-likeness (QED) is 0.750. The maximum absolute atomic E-state index is 11.3. The molecular formula is C14H16O3. The molecule has 2 fully saturated rings. The number of benzene rings is 1. The molecule has 1 aromatic carbocycles. The highest BCUT2D eigenvalue weighted by molar-refractivity contribution is 5.71. The zero-order valence-electron chi connectivity index (χ0n) is 9.67. The van der Waals surface area contributed by atoms with E-state index in [1.807, 2.05) is 18.2 Å². The van der Waals surface area contributed by atoms with Crippen molar-refractivity contribution in [2.75, 3.05) is 0 Å². The molecule has 3 rings (SSSR count). The molecule has 3 nitrogen and oxygen atoms in total. The second-order valence-electron chi connectivity index (χ2n) is 4.88. The van der Waals surface area contributed by atoms with Crippen LogP contribution in [0.1, 0.15) is 24.8 Å². The summed E-state index contributed by atoms with van der Waals surface area (Å²) in [6.45, 7) is 0.628. The molecule has 3 heteroatoms. The minimum atomic E-state index is -0.0583. The molecular weight excluding hydrogens is 216 g/mol. The number of fused-ring (bicyclic) bond motifs is 2. The van der Waals surface area contributed by atoms with E-state index in [-0.39, 0.29) is 18.2 Å². The van der Waals surface area contributed by atoms with Gasteiger partial charge in [0.1, 0.15) is 6.10 Å². The Bertz CT molecular complexity index is 401. The number of hydrogen-bond acceptors (Lipinski definition) is 3. The summed E-state index contributed by atoms with van der Waals surface area (Å²) in [4.78, 5) is 11.3. The molecule has 0 aromatic heterocycles. The summed E-state index contributed by atoms with van der Waals surface area (Å²) in [7, 11) is 0. The van der Waals surface area contributed by atoms with E-state index in [2.05, 4.69) is 12.1 Å². The first-order valence-electron chi connectivity index (χ1n) is 6.16. The van der Waals surface area contributed by atoms with Gasteiger partial charge in [-0.25, -0.2) is 0 Å². The summed E-state index contributed by atoms with van der Waals surface area (Å²) < 4.78 is 11.2. The van der Waals surface area contributed by atoms with E-state index in [0.717, 1.165) is 12.8 Å². The molecule has 1 aliphatic heterocycles. The Kier molecular flexibility index (Phi) is 2.85. The van der Waals surface area contributed by atoms with Crippen LogP contribution in [0.25, 0.3) is 0 Å². The monoisotopic (exact) mass is 232 g/mol. The van der Waals surface area contributed by atoms with E-state index in [1.54, 1.807) is 0 Å². The minimum Gasteiger partial charge on any atom is -0.462 e. The molecule has 1 saturated heterocycles. The molecule has 1 aromatic rings. The van der Waals surface area contributed by atoms with E-state index < -0.39 is 0 Å². The van der Waals surface area contributed by atoms with Gasteiger partial charge in [-0.1, -0.05) is 30.3 Å². The summed E-state index contributed by atoms with van der Waals surface area (Å²) in [6.07, 6.45) is 2.65. The summed E-state index contributed by atoms with van der Waals surface area (Å²) in [6, 6.07) is 10.1.